The van der Waals surface area contributed by atoms with E-state index in [2.05, 4.69) is 26.3 Å². The number of hydrogen-bond acceptors (Lipinski definition) is 2. The third kappa shape index (κ3) is 2.99. The van der Waals surface area contributed by atoms with E-state index in [4.69, 9.17) is 11.6 Å². The lowest BCUT2D eigenvalue weighted by Crippen LogP contribution is -2.09. The van der Waals surface area contributed by atoms with E-state index in [-0.39, 0.29) is 5.82 Å². The molecule has 1 aromatic carbocycles. The van der Waals surface area contributed by atoms with Crippen LogP contribution in [0.4, 0.5) is 10.1 Å². The van der Waals surface area contributed by atoms with Gasteiger partial charge in [0, 0.05) is 11.0 Å². The Kier molecular flexibility index (Phi) is 5.05. The van der Waals surface area contributed by atoms with Crippen molar-refractivity contribution in [1.82, 2.24) is 9.78 Å². The van der Waals surface area contributed by atoms with Crippen molar-refractivity contribution >= 4 is 33.2 Å². The molecule has 0 amide bonds. The monoisotopic (exact) mass is 359 g/mol. The number of anilines is 1. The van der Waals surface area contributed by atoms with Gasteiger partial charge >= 0.3 is 0 Å². The Hall–Kier alpha value is -1.07. The van der Waals surface area contributed by atoms with Gasteiger partial charge in [-0.25, -0.2) is 4.39 Å². The maximum absolute atomic E-state index is 13.8. The topological polar surface area (TPSA) is 29.9 Å². The largest absolute Gasteiger partial charge is 0.376 e. The van der Waals surface area contributed by atoms with Gasteiger partial charge in [0.1, 0.15) is 5.82 Å². The van der Waals surface area contributed by atoms with Crippen LogP contribution in [0, 0.1) is 5.82 Å². The summed E-state index contributed by atoms with van der Waals surface area (Å²) in [4.78, 5) is 0. The molecule has 0 fully saturated rings. The predicted molar refractivity (Wildman–Crippen MR) is 83.7 cm³/mol. The van der Waals surface area contributed by atoms with Crippen molar-refractivity contribution in [2.45, 2.75) is 33.4 Å². The van der Waals surface area contributed by atoms with Crippen LogP contribution < -0.4 is 5.32 Å². The van der Waals surface area contributed by atoms with E-state index < -0.39 is 0 Å². The van der Waals surface area contributed by atoms with Gasteiger partial charge in [-0.1, -0.05) is 24.6 Å². The Morgan fingerprint density at radius 2 is 2.15 bits per heavy atom. The van der Waals surface area contributed by atoms with E-state index in [1.165, 1.54) is 6.07 Å². The first-order valence-electron chi connectivity index (χ1n) is 6.50. The van der Waals surface area contributed by atoms with Crippen molar-refractivity contribution in [3.05, 3.63) is 44.9 Å². The summed E-state index contributed by atoms with van der Waals surface area (Å²) in [5.74, 6) is -0.297. The van der Waals surface area contributed by atoms with Crippen LogP contribution in [0.2, 0.25) is 5.02 Å². The third-order valence-electron chi connectivity index (χ3n) is 3.09. The van der Waals surface area contributed by atoms with Gasteiger partial charge in [-0.3, -0.25) is 4.68 Å². The van der Waals surface area contributed by atoms with Crippen LogP contribution in [0.1, 0.15) is 25.2 Å². The van der Waals surface area contributed by atoms with Crippen molar-refractivity contribution in [3.63, 3.8) is 0 Å². The highest BCUT2D eigenvalue weighted by molar-refractivity contribution is 9.10. The van der Waals surface area contributed by atoms with Crippen LogP contribution in [0.15, 0.2) is 22.7 Å². The number of nitrogens with one attached hydrogen (secondary N) is 1. The molecule has 0 bridgehead atoms. The van der Waals surface area contributed by atoms with E-state index >= 15 is 0 Å². The average Bonchev–Trinajstić information content (AvgIpc) is 2.74. The van der Waals surface area contributed by atoms with Crippen molar-refractivity contribution < 1.29 is 4.39 Å². The van der Waals surface area contributed by atoms with Crippen molar-refractivity contribution in [3.8, 4) is 0 Å². The maximum atomic E-state index is 13.8. The fourth-order valence-corrected chi connectivity index (χ4v) is 2.84. The molecule has 6 heteroatoms. The lowest BCUT2D eigenvalue weighted by atomic mass is 10.2. The van der Waals surface area contributed by atoms with E-state index in [0.717, 1.165) is 24.4 Å². The molecule has 20 heavy (non-hydrogen) atoms. The first kappa shape index (κ1) is 15.3. The summed E-state index contributed by atoms with van der Waals surface area (Å²) < 4.78 is 16.3. The SMILES string of the molecule is CCc1nn(CC)c(CNc2c(F)cccc2Br)c1Cl. The molecule has 2 rings (SSSR count). The minimum atomic E-state index is -0.297. The number of benzene rings is 1. The van der Waals surface area contributed by atoms with E-state index in [9.17, 15) is 4.39 Å². The highest BCUT2D eigenvalue weighted by atomic mass is 79.9. The predicted octanol–water partition coefficient (Wildman–Crippen LogP) is 4.63. The first-order valence-corrected chi connectivity index (χ1v) is 7.67. The Morgan fingerprint density at radius 3 is 2.75 bits per heavy atom. The molecule has 1 heterocycles. The molecule has 1 N–H and O–H groups in total. The fourth-order valence-electron chi connectivity index (χ4n) is 2.02. The molecular formula is C14H16BrClFN3. The summed E-state index contributed by atoms with van der Waals surface area (Å²) in [5, 5.41) is 8.19. The number of aromatic nitrogens is 2. The maximum Gasteiger partial charge on any atom is 0.147 e. The normalized spacial score (nSPS) is 10.8. The minimum absolute atomic E-state index is 0.297. The van der Waals surface area contributed by atoms with Crippen molar-refractivity contribution in [1.29, 1.82) is 0 Å². The molecule has 1 aromatic heterocycles. The fraction of sp³-hybridized carbons (Fsp3) is 0.357. The second kappa shape index (κ2) is 6.59. The van der Waals surface area contributed by atoms with Crippen LogP contribution in [-0.4, -0.2) is 9.78 Å². The van der Waals surface area contributed by atoms with Gasteiger partial charge in [-0.05, 0) is 41.4 Å². The molecule has 0 aliphatic carbocycles. The lowest BCUT2D eigenvalue weighted by molar-refractivity contribution is 0.613. The third-order valence-corrected chi connectivity index (χ3v) is 4.19. The number of hydrogen-bond donors (Lipinski definition) is 1. The Bertz CT molecular complexity index is 592. The standard InChI is InChI=1S/C14H16BrClFN3/c1-3-11-13(16)12(20(4-2)19-11)8-18-14-9(15)6-5-7-10(14)17/h5-7,18H,3-4,8H2,1-2H3. The van der Waals surface area contributed by atoms with Crippen LogP contribution in [0.25, 0.3) is 0 Å². The second-order valence-corrected chi connectivity index (χ2v) is 5.56. The molecule has 0 saturated carbocycles. The van der Waals surface area contributed by atoms with Gasteiger partial charge in [-0.2, -0.15) is 5.10 Å². The van der Waals surface area contributed by atoms with Crippen LogP contribution >= 0.6 is 27.5 Å². The van der Waals surface area contributed by atoms with Gasteiger partial charge in [0.25, 0.3) is 0 Å². The zero-order valence-corrected chi connectivity index (χ0v) is 13.7. The zero-order valence-electron chi connectivity index (χ0n) is 11.4. The van der Waals surface area contributed by atoms with E-state index in [0.29, 0.717) is 21.7 Å². The Labute approximate surface area is 131 Å². The summed E-state index contributed by atoms with van der Waals surface area (Å²) in [6.07, 6.45) is 0.780. The molecule has 108 valence electrons. The van der Waals surface area contributed by atoms with Crippen LogP contribution in [-0.2, 0) is 19.5 Å². The first-order chi connectivity index (χ1) is 9.58. The number of nitrogens with zero attached hydrogens (tertiary/aromatic N) is 2. The molecule has 0 unspecified atom stereocenters. The molecule has 0 atom stereocenters. The summed E-state index contributed by atoms with van der Waals surface area (Å²) in [6, 6.07) is 4.87. The number of aryl methyl sites for hydroxylation is 2. The van der Waals surface area contributed by atoms with Crippen LogP contribution in [0.5, 0.6) is 0 Å². The van der Waals surface area contributed by atoms with Gasteiger partial charge in [0.15, 0.2) is 0 Å². The lowest BCUT2D eigenvalue weighted by Gasteiger charge is -2.11. The van der Waals surface area contributed by atoms with Crippen molar-refractivity contribution in [2.24, 2.45) is 0 Å². The number of para-hydroxylation sites is 1. The number of rotatable bonds is 5. The van der Waals surface area contributed by atoms with E-state index in [1.807, 2.05) is 18.5 Å². The van der Waals surface area contributed by atoms with E-state index in [1.54, 1.807) is 12.1 Å². The molecule has 0 saturated heterocycles. The highest BCUT2D eigenvalue weighted by Gasteiger charge is 2.15. The van der Waals surface area contributed by atoms with Crippen molar-refractivity contribution in [2.75, 3.05) is 5.32 Å². The Morgan fingerprint density at radius 1 is 1.40 bits per heavy atom. The second-order valence-electron chi connectivity index (χ2n) is 4.33. The Balaban J connectivity index is 2.25. The molecule has 2 aromatic rings. The molecule has 0 aliphatic heterocycles. The zero-order chi connectivity index (χ0) is 14.7. The average molecular weight is 361 g/mol. The summed E-state index contributed by atoms with van der Waals surface area (Å²) in [7, 11) is 0. The van der Waals surface area contributed by atoms with Gasteiger partial charge in [-0.15, -0.1) is 0 Å². The summed E-state index contributed by atoms with van der Waals surface area (Å²) in [6.45, 7) is 5.18. The summed E-state index contributed by atoms with van der Waals surface area (Å²) >= 11 is 9.66. The highest BCUT2D eigenvalue weighted by Crippen LogP contribution is 2.27. The van der Waals surface area contributed by atoms with Gasteiger partial charge in [0.05, 0.1) is 28.6 Å². The molecular weight excluding hydrogens is 345 g/mol. The molecule has 0 aliphatic rings. The molecule has 0 spiro atoms. The molecule has 0 radical (unpaired) electrons. The smallest absolute Gasteiger partial charge is 0.147 e. The number of halogens is 3. The quantitative estimate of drug-likeness (QED) is 0.842. The minimum Gasteiger partial charge on any atom is -0.376 e. The van der Waals surface area contributed by atoms with Crippen LogP contribution in [0.3, 0.4) is 0 Å². The summed E-state index contributed by atoms with van der Waals surface area (Å²) in [5.41, 5.74) is 2.18. The van der Waals surface area contributed by atoms with Gasteiger partial charge < -0.3 is 5.32 Å². The van der Waals surface area contributed by atoms with Gasteiger partial charge in [0.2, 0.25) is 0 Å². The molecule has 3 nitrogen and oxygen atoms in total.